The number of ether oxygens (including phenoxy) is 2. The summed E-state index contributed by atoms with van der Waals surface area (Å²) in [6.07, 6.45) is 2.14. The Bertz CT molecular complexity index is 956. The van der Waals surface area contributed by atoms with Crippen LogP contribution in [0.3, 0.4) is 0 Å². The van der Waals surface area contributed by atoms with Gasteiger partial charge in [0.05, 0.1) is 34.8 Å². The minimum atomic E-state index is -0.161. The van der Waals surface area contributed by atoms with Gasteiger partial charge in [-0.15, -0.1) is 0 Å². The van der Waals surface area contributed by atoms with Gasteiger partial charge in [0.15, 0.2) is 0 Å². The van der Waals surface area contributed by atoms with E-state index in [1.807, 2.05) is 30.3 Å². The van der Waals surface area contributed by atoms with Gasteiger partial charge >= 0.3 is 0 Å². The second kappa shape index (κ2) is 9.65. The first kappa shape index (κ1) is 19.5. The molecule has 3 aromatic rings. The van der Waals surface area contributed by atoms with Gasteiger partial charge < -0.3 is 9.47 Å². The van der Waals surface area contributed by atoms with E-state index in [2.05, 4.69) is 11.9 Å². The molecule has 0 spiro atoms. The molecule has 0 atom stereocenters. The van der Waals surface area contributed by atoms with Crippen molar-refractivity contribution in [3.63, 3.8) is 0 Å². The standard InChI is InChI=1S/C21H23ClN2O3/c1-2-3-12-26-13-14-27-15-20-23-18-10-6-4-8-16(18)21(25)24(20)19-11-7-5-9-17(19)22/h4-11H,2-3,12-15H2,1H3. The maximum Gasteiger partial charge on any atom is 0.266 e. The number of para-hydroxylation sites is 2. The highest BCUT2D eigenvalue weighted by Crippen LogP contribution is 2.21. The number of rotatable bonds is 9. The molecular weight excluding hydrogens is 364 g/mol. The van der Waals surface area contributed by atoms with Crippen LogP contribution in [0, 0.1) is 0 Å². The molecule has 1 heterocycles. The normalized spacial score (nSPS) is 11.2. The molecular formula is C21H23ClN2O3. The fraction of sp³-hybridized carbons (Fsp3) is 0.333. The summed E-state index contributed by atoms with van der Waals surface area (Å²) in [5.41, 5.74) is 1.08. The van der Waals surface area contributed by atoms with Crippen LogP contribution in [0.2, 0.25) is 5.02 Å². The number of fused-ring (bicyclic) bond motifs is 1. The number of benzene rings is 2. The third kappa shape index (κ3) is 4.75. The molecule has 6 heteroatoms. The number of halogens is 1. The van der Waals surface area contributed by atoms with E-state index in [9.17, 15) is 4.79 Å². The summed E-state index contributed by atoms with van der Waals surface area (Å²) in [5.74, 6) is 0.514. The second-order valence-electron chi connectivity index (χ2n) is 6.16. The monoisotopic (exact) mass is 386 g/mol. The van der Waals surface area contributed by atoms with E-state index in [0.29, 0.717) is 40.7 Å². The molecule has 0 bridgehead atoms. The van der Waals surface area contributed by atoms with Gasteiger partial charge in [-0.3, -0.25) is 9.36 Å². The quantitative estimate of drug-likeness (QED) is 0.512. The molecule has 0 N–H and O–H groups in total. The van der Waals surface area contributed by atoms with Gasteiger partial charge in [-0.1, -0.05) is 49.2 Å². The number of hydrogen-bond acceptors (Lipinski definition) is 4. The maximum absolute atomic E-state index is 13.1. The van der Waals surface area contributed by atoms with Crippen molar-refractivity contribution in [3.8, 4) is 5.69 Å². The van der Waals surface area contributed by atoms with Crippen molar-refractivity contribution in [1.82, 2.24) is 9.55 Å². The smallest absolute Gasteiger partial charge is 0.266 e. The van der Waals surface area contributed by atoms with Crippen molar-refractivity contribution in [2.24, 2.45) is 0 Å². The third-order valence-corrected chi connectivity index (χ3v) is 4.50. The van der Waals surface area contributed by atoms with Crippen molar-refractivity contribution >= 4 is 22.5 Å². The lowest BCUT2D eigenvalue weighted by atomic mass is 10.2. The van der Waals surface area contributed by atoms with Gasteiger partial charge in [-0.05, 0) is 30.7 Å². The average Bonchev–Trinajstić information content (AvgIpc) is 2.68. The zero-order valence-corrected chi connectivity index (χ0v) is 16.1. The molecule has 2 aromatic carbocycles. The molecule has 5 nitrogen and oxygen atoms in total. The van der Waals surface area contributed by atoms with Gasteiger partial charge in [0.1, 0.15) is 12.4 Å². The molecule has 3 rings (SSSR count). The molecule has 0 saturated heterocycles. The Morgan fingerprint density at radius 3 is 2.56 bits per heavy atom. The molecule has 0 aliphatic rings. The summed E-state index contributed by atoms with van der Waals surface area (Å²) in [4.78, 5) is 17.7. The highest BCUT2D eigenvalue weighted by atomic mass is 35.5. The first-order valence-electron chi connectivity index (χ1n) is 9.13. The van der Waals surface area contributed by atoms with Crippen LogP contribution in [0.25, 0.3) is 16.6 Å². The Kier molecular flexibility index (Phi) is 6.98. The van der Waals surface area contributed by atoms with Crippen molar-refractivity contribution < 1.29 is 9.47 Å². The van der Waals surface area contributed by atoms with E-state index >= 15 is 0 Å². The summed E-state index contributed by atoms with van der Waals surface area (Å²) in [5, 5.41) is 1.03. The average molecular weight is 387 g/mol. The molecule has 0 saturated carbocycles. The summed E-state index contributed by atoms with van der Waals surface area (Å²) >= 11 is 6.34. The van der Waals surface area contributed by atoms with Gasteiger partial charge in [-0.2, -0.15) is 0 Å². The van der Waals surface area contributed by atoms with Crippen LogP contribution >= 0.6 is 11.6 Å². The highest BCUT2D eigenvalue weighted by Gasteiger charge is 2.14. The highest BCUT2D eigenvalue weighted by molar-refractivity contribution is 6.32. The predicted molar refractivity (Wildman–Crippen MR) is 108 cm³/mol. The Morgan fingerprint density at radius 2 is 1.74 bits per heavy atom. The van der Waals surface area contributed by atoms with E-state index < -0.39 is 0 Å². The molecule has 0 amide bonds. The first-order valence-corrected chi connectivity index (χ1v) is 9.51. The number of nitrogens with zero attached hydrogens (tertiary/aromatic N) is 2. The Balaban J connectivity index is 1.88. The van der Waals surface area contributed by atoms with E-state index in [1.54, 1.807) is 18.2 Å². The van der Waals surface area contributed by atoms with Crippen molar-refractivity contribution in [2.75, 3.05) is 19.8 Å². The summed E-state index contributed by atoms with van der Waals surface area (Å²) in [6, 6.07) is 14.5. The molecule has 27 heavy (non-hydrogen) atoms. The number of aromatic nitrogens is 2. The largest absolute Gasteiger partial charge is 0.379 e. The molecule has 142 valence electrons. The van der Waals surface area contributed by atoms with E-state index in [4.69, 9.17) is 21.1 Å². The molecule has 0 radical (unpaired) electrons. The van der Waals surface area contributed by atoms with Crippen LogP contribution in [-0.4, -0.2) is 29.4 Å². The van der Waals surface area contributed by atoms with Crippen LogP contribution in [0.4, 0.5) is 0 Å². The maximum atomic E-state index is 13.1. The number of unbranched alkanes of at least 4 members (excludes halogenated alkanes) is 1. The van der Waals surface area contributed by atoms with Crippen LogP contribution in [0.15, 0.2) is 53.3 Å². The first-order chi connectivity index (χ1) is 13.2. The predicted octanol–water partition coefficient (Wildman–Crippen LogP) is 4.37. The minimum absolute atomic E-state index is 0.161. The molecule has 0 unspecified atom stereocenters. The van der Waals surface area contributed by atoms with E-state index in [1.165, 1.54) is 4.57 Å². The Morgan fingerprint density at radius 1 is 1.00 bits per heavy atom. The van der Waals surface area contributed by atoms with Crippen LogP contribution in [-0.2, 0) is 16.1 Å². The summed E-state index contributed by atoms with van der Waals surface area (Å²) in [7, 11) is 0. The van der Waals surface area contributed by atoms with Gasteiger partial charge in [0.25, 0.3) is 5.56 Å². The lowest BCUT2D eigenvalue weighted by molar-refractivity contribution is 0.0368. The molecule has 0 aliphatic heterocycles. The molecule has 1 aromatic heterocycles. The van der Waals surface area contributed by atoms with Crippen molar-refractivity contribution in [2.45, 2.75) is 26.4 Å². The fourth-order valence-corrected chi connectivity index (χ4v) is 3.01. The second-order valence-corrected chi connectivity index (χ2v) is 6.56. The Labute approximate surface area is 163 Å². The Hall–Kier alpha value is -2.21. The van der Waals surface area contributed by atoms with Crippen molar-refractivity contribution in [3.05, 3.63) is 69.7 Å². The van der Waals surface area contributed by atoms with E-state index in [0.717, 1.165) is 19.4 Å². The minimum Gasteiger partial charge on any atom is -0.379 e. The van der Waals surface area contributed by atoms with Gasteiger partial charge in [-0.25, -0.2) is 4.98 Å². The lowest BCUT2D eigenvalue weighted by Crippen LogP contribution is -2.25. The van der Waals surface area contributed by atoms with Gasteiger partial charge in [0.2, 0.25) is 0 Å². The molecule has 0 fully saturated rings. The third-order valence-electron chi connectivity index (χ3n) is 4.18. The fourth-order valence-electron chi connectivity index (χ4n) is 2.79. The molecule has 0 aliphatic carbocycles. The SMILES string of the molecule is CCCCOCCOCc1nc2ccccc2c(=O)n1-c1ccccc1Cl. The van der Waals surface area contributed by atoms with Crippen molar-refractivity contribution in [1.29, 1.82) is 0 Å². The lowest BCUT2D eigenvalue weighted by Gasteiger charge is -2.15. The zero-order chi connectivity index (χ0) is 19.1. The van der Waals surface area contributed by atoms with E-state index in [-0.39, 0.29) is 12.2 Å². The van der Waals surface area contributed by atoms with Gasteiger partial charge in [0, 0.05) is 6.61 Å². The summed E-state index contributed by atoms with van der Waals surface area (Å²) < 4.78 is 12.8. The number of hydrogen-bond donors (Lipinski definition) is 0. The van der Waals surface area contributed by atoms with Crippen LogP contribution in [0.1, 0.15) is 25.6 Å². The van der Waals surface area contributed by atoms with Crippen LogP contribution < -0.4 is 5.56 Å². The topological polar surface area (TPSA) is 53.4 Å². The van der Waals surface area contributed by atoms with Crippen LogP contribution in [0.5, 0.6) is 0 Å². The summed E-state index contributed by atoms with van der Waals surface area (Å²) in [6.45, 7) is 4.01. The zero-order valence-electron chi connectivity index (χ0n) is 15.4.